The van der Waals surface area contributed by atoms with E-state index in [1.165, 1.54) is 0 Å². The number of allylic oxidation sites excluding steroid dienone is 2. The molecule has 0 fully saturated rings. The van der Waals surface area contributed by atoms with Crippen LogP contribution < -0.4 is 14.8 Å². The average Bonchev–Trinajstić information content (AvgIpc) is 3.05. The summed E-state index contributed by atoms with van der Waals surface area (Å²) >= 11 is 0. The molecule has 132 valence electrons. The standard InChI is InChI=1S/C21H20N2O3/c1-21(2)9-15-20(16(24)10-21)19(12-3-5-22-6-4-12)13-7-17-18(26-11-25-17)8-14(13)23-15/h3-8,19,23H,9-11H2,1-2H3/t19-/m1/s1. The summed E-state index contributed by atoms with van der Waals surface area (Å²) in [6.07, 6.45) is 4.97. The molecule has 1 N–H and O–H groups in total. The summed E-state index contributed by atoms with van der Waals surface area (Å²) in [7, 11) is 0. The molecule has 5 nitrogen and oxygen atoms in total. The third-order valence-electron chi connectivity index (χ3n) is 5.39. The Morgan fingerprint density at radius 1 is 1.12 bits per heavy atom. The normalized spacial score (nSPS) is 22.5. The number of carbonyl (C=O) groups is 1. The molecule has 1 aromatic carbocycles. The zero-order chi connectivity index (χ0) is 17.9. The van der Waals surface area contributed by atoms with Crippen LogP contribution in [0.15, 0.2) is 47.9 Å². The number of hydrogen-bond acceptors (Lipinski definition) is 5. The van der Waals surface area contributed by atoms with Crippen LogP contribution in [0.1, 0.15) is 43.7 Å². The summed E-state index contributed by atoms with van der Waals surface area (Å²) in [6, 6.07) is 7.97. The summed E-state index contributed by atoms with van der Waals surface area (Å²) in [5, 5.41) is 3.52. The highest BCUT2D eigenvalue weighted by atomic mass is 16.7. The summed E-state index contributed by atoms with van der Waals surface area (Å²) in [6.45, 7) is 4.52. The lowest BCUT2D eigenvalue weighted by molar-refractivity contribution is -0.118. The highest BCUT2D eigenvalue weighted by molar-refractivity contribution is 6.01. The number of ether oxygens (including phenoxy) is 2. The van der Waals surface area contributed by atoms with Crippen molar-refractivity contribution in [2.24, 2.45) is 5.41 Å². The highest BCUT2D eigenvalue weighted by Crippen LogP contribution is 2.51. The molecule has 3 heterocycles. The van der Waals surface area contributed by atoms with Gasteiger partial charge in [-0.2, -0.15) is 0 Å². The quantitative estimate of drug-likeness (QED) is 0.844. The van der Waals surface area contributed by atoms with Crippen molar-refractivity contribution < 1.29 is 14.3 Å². The number of benzene rings is 1. The number of nitrogens with one attached hydrogen (secondary N) is 1. The molecule has 5 rings (SSSR count). The Morgan fingerprint density at radius 2 is 1.85 bits per heavy atom. The van der Waals surface area contributed by atoms with Gasteiger partial charge in [-0.1, -0.05) is 13.8 Å². The van der Waals surface area contributed by atoms with Crippen LogP contribution in [-0.2, 0) is 4.79 Å². The van der Waals surface area contributed by atoms with Crippen LogP contribution in [0.4, 0.5) is 5.69 Å². The second-order valence-electron chi connectivity index (χ2n) is 7.96. The summed E-state index contributed by atoms with van der Waals surface area (Å²) in [5.41, 5.74) is 4.97. The summed E-state index contributed by atoms with van der Waals surface area (Å²) in [5.74, 6) is 1.59. The van der Waals surface area contributed by atoms with Gasteiger partial charge in [-0.05, 0) is 41.2 Å². The number of rotatable bonds is 1. The molecule has 0 unspecified atom stereocenters. The van der Waals surface area contributed by atoms with Crippen LogP contribution in [0, 0.1) is 5.41 Å². The zero-order valence-electron chi connectivity index (χ0n) is 14.8. The van der Waals surface area contributed by atoms with E-state index in [-0.39, 0.29) is 23.9 Å². The fourth-order valence-electron chi connectivity index (χ4n) is 4.31. The fourth-order valence-corrected chi connectivity index (χ4v) is 4.31. The molecule has 0 saturated heterocycles. The number of hydrogen-bond donors (Lipinski definition) is 1. The number of pyridine rings is 1. The Labute approximate surface area is 152 Å². The molecular weight excluding hydrogens is 328 g/mol. The van der Waals surface area contributed by atoms with E-state index < -0.39 is 0 Å². The molecule has 1 atom stereocenters. The van der Waals surface area contributed by atoms with Crippen LogP contribution in [0.3, 0.4) is 0 Å². The first-order chi connectivity index (χ1) is 12.5. The second kappa shape index (κ2) is 5.34. The molecule has 2 aliphatic heterocycles. The largest absolute Gasteiger partial charge is 0.454 e. The molecular formula is C21H20N2O3. The Hall–Kier alpha value is -2.82. The highest BCUT2D eigenvalue weighted by Gasteiger charge is 2.41. The lowest BCUT2D eigenvalue weighted by Crippen LogP contribution is -2.33. The number of ketones is 1. The number of nitrogens with zero attached hydrogens (tertiary/aromatic N) is 1. The molecule has 5 heteroatoms. The molecule has 3 aliphatic rings. The molecule has 0 saturated carbocycles. The summed E-state index contributed by atoms with van der Waals surface area (Å²) < 4.78 is 11.1. The molecule has 0 radical (unpaired) electrons. The molecule has 1 aromatic heterocycles. The number of aromatic nitrogens is 1. The minimum Gasteiger partial charge on any atom is -0.454 e. The number of carbonyl (C=O) groups excluding carboxylic acids is 1. The third-order valence-corrected chi connectivity index (χ3v) is 5.39. The SMILES string of the molecule is CC1(C)CC(=O)C2=C(C1)Nc1cc3c(cc1[C@H]2c1ccncc1)OCO3. The molecule has 0 spiro atoms. The van der Waals surface area contributed by atoms with E-state index in [1.54, 1.807) is 12.4 Å². The monoisotopic (exact) mass is 348 g/mol. The number of Topliss-reactive ketones (excluding diaryl/α,β-unsaturated/α-hetero) is 1. The van der Waals surface area contributed by atoms with Crippen molar-refractivity contribution in [3.63, 3.8) is 0 Å². The van der Waals surface area contributed by atoms with Gasteiger partial charge in [-0.15, -0.1) is 0 Å². The topological polar surface area (TPSA) is 60.5 Å². The maximum absolute atomic E-state index is 13.1. The van der Waals surface area contributed by atoms with Crippen molar-refractivity contribution >= 4 is 11.5 Å². The Morgan fingerprint density at radius 3 is 2.62 bits per heavy atom. The second-order valence-corrected chi connectivity index (χ2v) is 7.96. The van der Waals surface area contributed by atoms with Gasteiger partial charge in [0.15, 0.2) is 17.3 Å². The lowest BCUT2D eigenvalue weighted by Gasteiger charge is -2.39. The van der Waals surface area contributed by atoms with E-state index in [1.807, 2.05) is 24.3 Å². The predicted molar refractivity (Wildman–Crippen MR) is 97.3 cm³/mol. The van der Waals surface area contributed by atoms with Crippen LogP contribution in [0.25, 0.3) is 0 Å². The van der Waals surface area contributed by atoms with Crippen LogP contribution >= 0.6 is 0 Å². The third kappa shape index (κ3) is 2.30. The predicted octanol–water partition coefficient (Wildman–Crippen LogP) is 4.01. The van der Waals surface area contributed by atoms with Gasteiger partial charge in [0, 0.05) is 47.8 Å². The molecule has 2 aromatic rings. The van der Waals surface area contributed by atoms with E-state index in [0.29, 0.717) is 6.42 Å². The van der Waals surface area contributed by atoms with E-state index in [9.17, 15) is 4.79 Å². The summed E-state index contributed by atoms with van der Waals surface area (Å²) in [4.78, 5) is 17.2. The zero-order valence-corrected chi connectivity index (χ0v) is 14.8. The average molecular weight is 348 g/mol. The van der Waals surface area contributed by atoms with Gasteiger partial charge in [-0.3, -0.25) is 9.78 Å². The number of fused-ring (bicyclic) bond motifs is 2. The van der Waals surface area contributed by atoms with Crippen molar-refractivity contribution in [3.05, 3.63) is 59.1 Å². The maximum Gasteiger partial charge on any atom is 0.231 e. The van der Waals surface area contributed by atoms with Gasteiger partial charge in [0.2, 0.25) is 6.79 Å². The van der Waals surface area contributed by atoms with Crippen LogP contribution in [0.5, 0.6) is 11.5 Å². The van der Waals surface area contributed by atoms with Gasteiger partial charge < -0.3 is 14.8 Å². The van der Waals surface area contributed by atoms with E-state index in [2.05, 4.69) is 24.1 Å². The van der Waals surface area contributed by atoms with Crippen molar-refractivity contribution in [1.29, 1.82) is 0 Å². The smallest absolute Gasteiger partial charge is 0.231 e. The van der Waals surface area contributed by atoms with Crippen LogP contribution in [0.2, 0.25) is 0 Å². The van der Waals surface area contributed by atoms with Crippen molar-refractivity contribution in [1.82, 2.24) is 4.98 Å². The Bertz CT molecular complexity index is 947. The van der Waals surface area contributed by atoms with Crippen molar-refractivity contribution in [2.45, 2.75) is 32.6 Å². The van der Waals surface area contributed by atoms with Gasteiger partial charge in [0.1, 0.15) is 0 Å². The van der Waals surface area contributed by atoms with E-state index >= 15 is 0 Å². The van der Waals surface area contributed by atoms with Gasteiger partial charge >= 0.3 is 0 Å². The number of anilines is 1. The van der Waals surface area contributed by atoms with Crippen molar-refractivity contribution in [2.75, 3.05) is 12.1 Å². The fraction of sp³-hybridized carbons (Fsp3) is 0.333. The first-order valence-corrected chi connectivity index (χ1v) is 8.89. The maximum atomic E-state index is 13.1. The molecule has 0 bridgehead atoms. The van der Waals surface area contributed by atoms with Crippen molar-refractivity contribution in [3.8, 4) is 11.5 Å². The van der Waals surface area contributed by atoms with Gasteiger partial charge in [-0.25, -0.2) is 0 Å². The van der Waals surface area contributed by atoms with E-state index in [4.69, 9.17) is 9.47 Å². The Kier molecular flexibility index (Phi) is 3.17. The van der Waals surface area contributed by atoms with E-state index in [0.717, 1.165) is 46.0 Å². The first kappa shape index (κ1) is 15.4. The van der Waals surface area contributed by atoms with Gasteiger partial charge in [0.05, 0.1) is 0 Å². The minimum absolute atomic E-state index is 0.0421. The van der Waals surface area contributed by atoms with Crippen LogP contribution in [-0.4, -0.2) is 17.6 Å². The van der Waals surface area contributed by atoms with Gasteiger partial charge in [0.25, 0.3) is 0 Å². The Balaban J connectivity index is 1.73. The molecule has 0 amide bonds. The lowest BCUT2D eigenvalue weighted by atomic mass is 9.69. The first-order valence-electron chi connectivity index (χ1n) is 8.89. The molecule has 26 heavy (non-hydrogen) atoms. The minimum atomic E-state index is -0.109. The molecule has 1 aliphatic carbocycles.